The van der Waals surface area contributed by atoms with Crippen LogP contribution in [-0.4, -0.2) is 65.7 Å². The molecule has 1 aromatic carbocycles. The van der Waals surface area contributed by atoms with Gasteiger partial charge in [0.25, 0.3) is 0 Å². The van der Waals surface area contributed by atoms with E-state index in [4.69, 9.17) is 4.74 Å². The summed E-state index contributed by atoms with van der Waals surface area (Å²) in [7, 11) is 0. The Hall–Kier alpha value is -1.66. The average Bonchev–Trinajstić information content (AvgIpc) is 2.89. The Morgan fingerprint density at radius 2 is 1.78 bits per heavy atom. The van der Waals surface area contributed by atoms with Crippen molar-refractivity contribution >= 4 is 5.91 Å². The fourth-order valence-electron chi connectivity index (χ4n) is 3.92. The number of ether oxygens (including phenoxy) is 1. The van der Waals surface area contributed by atoms with Crippen molar-refractivity contribution in [1.82, 2.24) is 9.80 Å². The first-order valence-electron chi connectivity index (χ1n) is 10.1. The Balaban J connectivity index is 1.44. The number of amides is 1. The molecule has 6 heteroatoms. The summed E-state index contributed by atoms with van der Waals surface area (Å²) in [5.41, 5.74) is -0.948. The number of piperidine rings is 1. The summed E-state index contributed by atoms with van der Waals surface area (Å²) in [6.45, 7) is 4.46. The monoisotopic (exact) mass is 378 g/mol. The lowest BCUT2D eigenvalue weighted by molar-refractivity contribution is -0.131. The van der Waals surface area contributed by atoms with E-state index in [9.17, 15) is 14.3 Å². The zero-order valence-electron chi connectivity index (χ0n) is 16.0. The number of nitrogens with zero attached hydrogens (tertiary/aromatic N) is 2. The second-order valence-corrected chi connectivity index (χ2v) is 7.85. The molecule has 5 nitrogen and oxygen atoms in total. The van der Waals surface area contributed by atoms with Crippen LogP contribution in [0.3, 0.4) is 0 Å². The van der Waals surface area contributed by atoms with Crippen LogP contribution < -0.4 is 4.74 Å². The van der Waals surface area contributed by atoms with Crippen molar-refractivity contribution in [2.45, 2.75) is 50.5 Å². The van der Waals surface area contributed by atoms with Gasteiger partial charge in [0.05, 0.1) is 0 Å². The minimum absolute atomic E-state index is 0.161. The van der Waals surface area contributed by atoms with E-state index in [1.165, 1.54) is 31.4 Å². The first-order chi connectivity index (χ1) is 13.0. The second-order valence-electron chi connectivity index (χ2n) is 7.85. The van der Waals surface area contributed by atoms with E-state index < -0.39 is 5.60 Å². The summed E-state index contributed by atoms with van der Waals surface area (Å²) >= 11 is 0. The molecule has 2 fully saturated rings. The van der Waals surface area contributed by atoms with Gasteiger partial charge in [-0.25, -0.2) is 4.39 Å². The molecule has 1 N–H and O–H groups in total. The number of benzene rings is 1. The Kier molecular flexibility index (Phi) is 7.07. The number of aliphatic hydroxyl groups is 1. The van der Waals surface area contributed by atoms with E-state index in [-0.39, 0.29) is 18.3 Å². The Labute approximate surface area is 161 Å². The highest BCUT2D eigenvalue weighted by Crippen LogP contribution is 2.24. The lowest BCUT2D eigenvalue weighted by Gasteiger charge is -2.28. The maximum Gasteiger partial charge on any atom is 0.223 e. The van der Waals surface area contributed by atoms with E-state index in [1.807, 2.05) is 4.90 Å². The zero-order chi connectivity index (χ0) is 19.1. The van der Waals surface area contributed by atoms with E-state index in [1.54, 1.807) is 12.1 Å². The van der Waals surface area contributed by atoms with Crippen molar-refractivity contribution in [2.24, 2.45) is 0 Å². The molecule has 2 aliphatic rings. The Morgan fingerprint density at radius 1 is 1.04 bits per heavy atom. The maximum absolute atomic E-state index is 13.0. The molecule has 1 unspecified atom stereocenters. The van der Waals surface area contributed by atoms with E-state index in [0.29, 0.717) is 38.1 Å². The van der Waals surface area contributed by atoms with Gasteiger partial charge < -0.3 is 19.6 Å². The number of carbonyl (C=O) groups is 1. The molecule has 27 heavy (non-hydrogen) atoms. The van der Waals surface area contributed by atoms with Gasteiger partial charge in [0, 0.05) is 26.1 Å². The van der Waals surface area contributed by atoms with Gasteiger partial charge in [-0.2, -0.15) is 0 Å². The molecule has 0 aromatic heterocycles. The molecular weight excluding hydrogens is 347 g/mol. The molecule has 1 amide bonds. The number of likely N-dealkylation sites (tertiary alicyclic amines) is 2. The molecule has 0 spiro atoms. The van der Waals surface area contributed by atoms with Gasteiger partial charge in [-0.15, -0.1) is 0 Å². The number of hydrogen-bond donors (Lipinski definition) is 1. The van der Waals surface area contributed by atoms with Crippen molar-refractivity contribution < 1.29 is 19.0 Å². The van der Waals surface area contributed by atoms with Gasteiger partial charge in [-0.3, -0.25) is 4.79 Å². The summed E-state index contributed by atoms with van der Waals surface area (Å²) in [6.07, 6.45) is 6.20. The highest BCUT2D eigenvalue weighted by molar-refractivity contribution is 5.76. The predicted molar refractivity (Wildman–Crippen MR) is 102 cm³/mol. The van der Waals surface area contributed by atoms with Crippen molar-refractivity contribution in [1.29, 1.82) is 0 Å². The third kappa shape index (κ3) is 6.18. The van der Waals surface area contributed by atoms with Gasteiger partial charge >= 0.3 is 0 Å². The van der Waals surface area contributed by atoms with E-state index in [0.717, 1.165) is 26.1 Å². The molecule has 2 saturated heterocycles. The van der Waals surface area contributed by atoms with Crippen LogP contribution in [0.5, 0.6) is 5.75 Å². The molecule has 150 valence electrons. The lowest BCUT2D eigenvalue weighted by atomic mass is 9.96. The quantitative estimate of drug-likeness (QED) is 0.827. The van der Waals surface area contributed by atoms with Crippen LogP contribution in [0, 0.1) is 5.82 Å². The van der Waals surface area contributed by atoms with Gasteiger partial charge in [0.1, 0.15) is 23.8 Å². The van der Waals surface area contributed by atoms with E-state index >= 15 is 0 Å². The normalized spacial score (nSPS) is 24.4. The summed E-state index contributed by atoms with van der Waals surface area (Å²) in [5, 5.41) is 10.9. The second kappa shape index (κ2) is 9.51. The molecule has 0 bridgehead atoms. The number of hydrogen-bond acceptors (Lipinski definition) is 4. The summed E-state index contributed by atoms with van der Waals surface area (Å²) in [4.78, 5) is 16.8. The number of rotatable bonds is 6. The lowest BCUT2D eigenvalue weighted by Crippen LogP contribution is -2.39. The highest BCUT2D eigenvalue weighted by atomic mass is 19.1. The summed E-state index contributed by atoms with van der Waals surface area (Å²) in [6, 6.07) is 5.81. The number of carbonyl (C=O) groups excluding carboxylic acids is 1. The molecular formula is C21H31FN2O3. The van der Waals surface area contributed by atoms with Gasteiger partial charge in [0.15, 0.2) is 0 Å². The first-order valence-corrected chi connectivity index (χ1v) is 10.1. The van der Waals surface area contributed by atoms with Crippen LogP contribution in [0.1, 0.15) is 44.9 Å². The molecule has 0 radical (unpaired) electrons. The maximum atomic E-state index is 13.0. The third-order valence-corrected chi connectivity index (χ3v) is 5.68. The molecule has 2 aliphatic heterocycles. The fraction of sp³-hybridized carbons (Fsp3) is 0.667. The minimum atomic E-state index is -0.948. The zero-order valence-corrected chi connectivity index (χ0v) is 16.0. The van der Waals surface area contributed by atoms with E-state index in [2.05, 4.69) is 4.90 Å². The van der Waals surface area contributed by atoms with Crippen molar-refractivity contribution in [3.8, 4) is 5.75 Å². The van der Waals surface area contributed by atoms with Crippen molar-refractivity contribution in [3.63, 3.8) is 0 Å². The van der Waals surface area contributed by atoms with Crippen molar-refractivity contribution in [2.75, 3.05) is 39.3 Å². The molecule has 0 saturated carbocycles. The molecule has 1 atom stereocenters. The summed E-state index contributed by atoms with van der Waals surface area (Å²) in [5.74, 6) is 0.419. The Bertz CT molecular complexity index is 604. The molecule has 1 aromatic rings. The van der Waals surface area contributed by atoms with Gasteiger partial charge in [-0.05, 0) is 69.5 Å². The SMILES string of the molecule is O=C(CCN1CCCCC1)N1CCCC(O)(COc2ccc(F)cc2)CC1. The topological polar surface area (TPSA) is 53.0 Å². The average molecular weight is 378 g/mol. The van der Waals surface area contributed by atoms with Crippen LogP contribution in [0.15, 0.2) is 24.3 Å². The van der Waals surface area contributed by atoms with Gasteiger partial charge in [0.2, 0.25) is 5.91 Å². The van der Waals surface area contributed by atoms with Crippen LogP contribution in [0.25, 0.3) is 0 Å². The van der Waals surface area contributed by atoms with Crippen LogP contribution in [-0.2, 0) is 4.79 Å². The number of halogens is 1. The molecule has 0 aliphatic carbocycles. The summed E-state index contributed by atoms with van der Waals surface area (Å²) < 4.78 is 18.6. The van der Waals surface area contributed by atoms with Crippen LogP contribution in [0.4, 0.5) is 4.39 Å². The van der Waals surface area contributed by atoms with Crippen molar-refractivity contribution in [3.05, 3.63) is 30.1 Å². The van der Waals surface area contributed by atoms with Crippen LogP contribution >= 0.6 is 0 Å². The largest absolute Gasteiger partial charge is 0.491 e. The van der Waals surface area contributed by atoms with Crippen LogP contribution in [0.2, 0.25) is 0 Å². The standard InChI is InChI=1S/C21H31FN2O3/c22-18-5-7-19(8-6-18)27-17-21(26)10-4-14-24(16-11-21)20(25)9-15-23-12-2-1-3-13-23/h5-8,26H,1-4,9-17H2. The van der Waals surface area contributed by atoms with Gasteiger partial charge in [-0.1, -0.05) is 6.42 Å². The minimum Gasteiger partial charge on any atom is -0.491 e. The Morgan fingerprint density at radius 3 is 2.52 bits per heavy atom. The fourth-order valence-corrected chi connectivity index (χ4v) is 3.92. The molecule has 3 rings (SSSR count). The molecule has 2 heterocycles. The third-order valence-electron chi connectivity index (χ3n) is 5.68. The smallest absolute Gasteiger partial charge is 0.223 e. The first kappa shape index (κ1) is 20.1. The highest BCUT2D eigenvalue weighted by Gasteiger charge is 2.32. The predicted octanol–water partition coefficient (Wildman–Crippen LogP) is 2.82.